The number of hydrogen-bond acceptors (Lipinski definition) is 8. The van der Waals surface area contributed by atoms with Crippen molar-refractivity contribution in [1.29, 1.82) is 0 Å². The number of nitrogens with two attached hydrogens (primary N) is 1. The van der Waals surface area contributed by atoms with Crippen LogP contribution in [0.15, 0.2) is 48.5 Å². The fraction of sp³-hybridized carbons (Fsp3) is 0.457. The first kappa shape index (κ1) is 33.8. The maximum Gasteiger partial charge on any atom is 0.327 e. The third kappa shape index (κ3) is 6.91. The molecule has 2 aromatic carbocycles. The molecule has 7 rings (SSSR count). The van der Waals surface area contributed by atoms with Gasteiger partial charge in [0, 0.05) is 23.3 Å². The van der Waals surface area contributed by atoms with Crippen molar-refractivity contribution < 1.29 is 38.7 Å². The van der Waals surface area contributed by atoms with Crippen LogP contribution >= 0.6 is 0 Å². The Balaban J connectivity index is 1.09. The molecule has 14 nitrogen and oxygen atoms in total. The lowest BCUT2D eigenvalue weighted by atomic mass is 9.43. The van der Waals surface area contributed by atoms with Gasteiger partial charge in [0.15, 0.2) is 5.78 Å². The van der Waals surface area contributed by atoms with E-state index in [1.54, 1.807) is 30.3 Å². The SMILES string of the molecule is Cc1ccccc1NC(=O)Nc1ccc(CN2CC(=O)N(CC(=O)C34CC5CC(CC(C5)C3C(=O)NC(=O)[C@@H](N)CC(=O)O)C4)C2=O)cc1. The smallest absolute Gasteiger partial charge is 0.327 e. The van der Waals surface area contributed by atoms with Crippen LogP contribution < -0.4 is 21.7 Å². The largest absolute Gasteiger partial charge is 0.481 e. The van der Waals surface area contributed by atoms with Crippen molar-refractivity contribution >= 4 is 52.9 Å². The van der Waals surface area contributed by atoms with E-state index >= 15 is 0 Å². The predicted octanol–water partition coefficient (Wildman–Crippen LogP) is 2.86. The molecule has 1 aliphatic heterocycles. The highest BCUT2D eigenvalue weighted by atomic mass is 16.4. The van der Waals surface area contributed by atoms with Crippen molar-refractivity contribution in [3.8, 4) is 0 Å². The second-order valence-electron chi connectivity index (χ2n) is 13.9. The number of para-hydroxylation sites is 1. The molecule has 4 aliphatic carbocycles. The number of ketones is 1. The van der Waals surface area contributed by atoms with Crippen molar-refractivity contribution in [1.82, 2.24) is 15.1 Å². The number of carbonyl (C=O) groups is 7. The minimum atomic E-state index is -1.42. The summed E-state index contributed by atoms with van der Waals surface area (Å²) in [6.07, 6.45) is 2.62. The highest BCUT2D eigenvalue weighted by Gasteiger charge is 2.63. The van der Waals surface area contributed by atoms with Gasteiger partial charge in [-0.3, -0.25) is 34.2 Å². The molecule has 1 saturated heterocycles. The molecule has 6 N–H and O–H groups in total. The van der Waals surface area contributed by atoms with E-state index in [-0.39, 0.29) is 36.6 Å². The average Bonchev–Trinajstić information content (AvgIpc) is 3.29. The Morgan fingerprint density at radius 3 is 2.29 bits per heavy atom. The third-order valence-corrected chi connectivity index (χ3v) is 10.5. The van der Waals surface area contributed by atoms with Gasteiger partial charge < -0.3 is 26.4 Å². The number of aliphatic carboxylic acids is 1. The molecule has 0 aromatic heterocycles. The molecule has 5 aliphatic rings. The normalized spacial score (nSPS) is 26.0. The Morgan fingerprint density at radius 2 is 1.63 bits per heavy atom. The monoisotopic (exact) mass is 672 g/mol. The fourth-order valence-corrected chi connectivity index (χ4v) is 8.57. The van der Waals surface area contributed by atoms with Crippen LogP contribution in [0.2, 0.25) is 0 Å². The zero-order valence-corrected chi connectivity index (χ0v) is 27.1. The number of aryl methyl sites for hydroxylation is 1. The number of Topliss-reactive ketones (excluding diaryl/α,β-unsaturated/α-hetero) is 1. The molecule has 5 fully saturated rings. The summed E-state index contributed by atoms with van der Waals surface area (Å²) in [5.74, 6) is -4.30. The number of nitrogens with zero attached hydrogens (tertiary/aromatic N) is 2. The highest BCUT2D eigenvalue weighted by Crippen LogP contribution is 2.63. The molecule has 2 aromatic rings. The van der Waals surface area contributed by atoms with Crippen LogP contribution in [-0.4, -0.2) is 75.6 Å². The van der Waals surface area contributed by atoms with Gasteiger partial charge in [-0.1, -0.05) is 30.3 Å². The summed E-state index contributed by atoms with van der Waals surface area (Å²) >= 11 is 0. The third-order valence-electron chi connectivity index (χ3n) is 10.5. The van der Waals surface area contributed by atoms with Crippen LogP contribution in [0.1, 0.15) is 49.7 Å². The second kappa shape index (κ2) is 13.4. The van der Waals surface area contributed by atoms with Gasteiger partial charge in [0.1, 0.15) is 6.54 Å². The number of carbonyl (C=O) groups excluding carboxylic acids is 6. The first-order valence-electron chi connectivity index (χ1n) is 16.5. The number of amides is 7. The fourth-order valence-electron chi connectivity index (χ4n) is 8.57. The minimum Gasteiger partial charge on any atom is -0.481 e. The number of anilines is 2. The molecule has 4 atom stereocenters. The number of rotatable bonds is 11. The van der Waals surface area contributed by atoms with Gasteiger partial charge in [-0.25, -0.2) is 9.59 Å². The molecule has 0 spiro atoms. The van der Waals surface area contributed by atoms with Crippen LogP contribution in [0.5, 0.6) is 0 Å². The van der Waals surface area contributed by atoms with Crippen molar-refractivity contribution in [3.63, 3.8) is 0 Å². The van der Waals surface area contributed by atoms with Crippen LogP contribution in [0.4, 0.5) is 21.0 Å². The Labute approximate surface area is 282 Å². The number of carboxylic acid groups (broad SMARTS) is 1. The van der Waals surface area contributed by atoms with E-state index in [4.69, 9.17) is 10.8 Å². The van der Waals surface area contributed by atoms with Gasteiger partial charge in [-0.15, -0.1) is 0 Å². The molecule has 3 unspecified atom stereocenters. The quantitative estimate of drug-likeness (QED) is 0.222. The molecule has 4 bridgehead atoms. The van der Waals surface area contributed by atoms with Gasteiger partial charge in [-0.05, 0) is 86.1 Å². The summed E-state index contributed by atoms with van der Waals surface area (Å²) in [7, 11) is 0. The Bertz CT molecular complexity index is 1700. The number of nitrogens with one attached hydrogen (secondary N) is 3. The molecule has 258 valence electrons. The lowest BCUT2D eigenvalue weighted by Gasteiger charge is -2.59. The van der Waals surface area contributed by atoms with Crippen molar-refractivity contribution in [3.05, 3.63) is 59.7 Å². The summed E-state index contributed by atoms with van der Waals surface area (Å²) in [5.41, 5.74) is 7.39. The maximum atomic E-state index is 14.2. The van der Waals surface area contributed by atoms with Crippen LogP contribution in [0, 0.1) is 36.0 Å². The number of carboxylic acids is 1. The first-order chi connectivity index (χ1) is 23.3. The van der Waals surface area contributed by atoms with Crippen LogP contribution in [0.3, 0.4) is 0 Å². The zero-order chi connectivity index (χ0) is 35.0. The van der Waals surface area contributed by atoms with E-state index in [9.17, 15) is 33.6 Å². The van der Waals surface area contributed by atoms with E-state index in [1.165, 1.54) is 4.90 Å². The lowest BCUT2D eigenvalue weighted by Crippen LogP contribution is -2.63. The molecule has 49 heavy (non-hydrogen) atoms. The van der Waals surface area contributed by atoms with E-state index in [2.05, 4.69) is 16.0 Å². The van der Waals surface area contributed by atoms with Crippen molar-refractivity contribution in [2.45, 2.75) is 58.0 Å². The van der Waals surface area contributed by atoms with Gasteiger partial charge in [0.2, 0.25) is 11.8 Å². The summed E-state index contributed by atoms with van der Waals surface area (Å²) in [6.45, 7) is 1.30. The predicted molar refractivity (Wildman–Crippen MR) is 176 cm³/mol. The van der Waals surface area contributed by atoms with Gasteiger partial charge in [0.25, 0.3) is 5.91 Å². The van der Waals surface area contributed by atoms with Gasteiger partial charge in [-0.2, -0.15) is 0 Å². The molecular weight excluding hydrogens is 632 g/mol. The number of benzene rings is 2. The van der Waals surface area contributed by atoms with E-state index in [0.717, 1.165) is 29.7 Å². The number of hydrogen-bond donors (Lipinski definition) is 5. The molecule has 0 radical (unpaired) electrons. The number of urea groups is 2. The summed E-state index contributed by atoms with van der Waals surface area (Å²) < 4.78 is 0. The number of imide groups is 2. The zero-order valence-electron chi connectivity index (χ0n) is 27.1. The van der Waals surface area contributed by atoms with Crippen LogP contribution in [-0.2, 0) is 30.5 Å². The summed E-state index contributed by atoms with van der Waals surface area (Å²) in [4.78, 5) is 92.6. The molecule has 7 amide bonds. The Morgan fingerprint density at radius 1 is 0.959 bits per heavy atom. The molecule has 4 saturated carbocycles. The van der Waals surface area contributed by atoms with E-state index in [0.29, 0.717) is 29.8 Å². The second-order valence-corrected chi connectivity index (χ2v) is 13.9. The maximum absolute atomic E-state index is 14.2. The Hall–Kier alpha value is -5.11. The van der Waals surface area contributed by atoms with Gasteiger partial charge >= 0.3 is 18.0 Å². The standard InChI is InChI=1S/C35H40N6O8/c1-19-4-2-3-5-26(19)38-33(48)37-24-8-6-20(7-9-24)16-40-18-28(43)41(34(40)49)17-27(42)35-14-21-10-22(15-35)12-23(11-21)30(35)32(47)39-31(46)25(36)13-29(44)45/h2-9,21-23,25,30H,10-18,36H2,1H3,(H,44,45)(H2,37,38,48)(H,39,46,47)/t21?,22?,23?,25-,30?,35?/m0/s1. The highest BCUT2D eigenvalue weighted by molar-refractivity contribution is 6.07. The molecular formula is C35H40N6O8. The van der Waals surface area contributed by atoms with Crippen molar-refractivity contribution in [2.24, 2.45) is 34.8 Å². The summed E-state index contributed by atoms with van der Waals surface area (Å²) in [6, 6.07) is 11.8. The summed E-state index contributed by atoms with van der Waals surface area (Å²) in [5, 5.41) is 16.8. The molecule has 1 heterocycles. The minimum absolute atomic E-state index is 0.103. The first-order valence-corrected chi connectivity index (χ1v) is 16.5. The van der Waals surface area contributed by atoms with Crippen LogP contribution in [0.25, 0.3) is 0 Å². The van der Waals surface area contributed by atoms with Gasteiger partial charge in [0.05, 0.1) is 24.9 Å². The van der Waals surface area contributed by atoms with E-state index < -0.39 is 66.1 Å². The van der Waals surface area contributed by atoms with E-state index in [1.807, 2.05) is 25.1 Å². The topological polar surface area (TPSA) is 208 Å². The average molecular weight is 673 g/mol. The van der Waals surface area contributed by atoms with Crippen molar-refractivity contribution in [2.75, 3.05) is 23.7 Å². The Kier molecular flexibility index (Phi) is 9.25. The lowest BCUT2D eigenvalue weighted by molar-refractivity contribution is -0.168. The molecule has 14 heteroatoms.